The summed E-state index contributed by atoms with van der Waals surface area (Å²) in [6.45, 7) is 1.13. The van der Waals surface area contributed by atoms with Crippen LogP contribution < -0.4 is 114 Å². The second-order valence-corrected chi connectivity index (χ2v) is 34.7. The lowest BCUT2D eigenvalue weighted by molar-refractivity contribution is -0.142. The number of rotatable bonds is 36. The van der Waals surface area contributed by atoms with Crippen LogP contribution >= 0.6 is 45.1 Å². The van der Waals surface area contributed by atoms with E-state index < -0.39 is 228 Å². The van der Waals surface area contributed by atoms with E-state index >= 15 is 14.4 Å². The third-order valence-corrected chi connectivity index (χ3v) is 24.1. The molecular formula is C78H121N27O19S4. The minimum atomic E-state index is -2.02. The molecule has 2 saturated heterocycles. The highest BCUT2D eigenvalue weighted by molar-refractivity contribution is 8.76. The molecule has 15 atom stereocenters. The van der Waals surface area contributed by atoms with Gasteiger partial charge in [0, 0.05) is 68.8 Å². The number of primary amides is 1. The van der Waals surface area contributed by atoms with Crippen LogP contribution in [0.3, 0.4) is 0 Å². The Morgan fingerprint density at radius 2 is 1.13 bits per heavy atom. The van der Waals surface area contributed by atoms with Crippen molar-refractivity contribution in [1.29, 1.82) is 16.2 Å². The summed E-state index contributed by atoms with van der Waals surface area (Å²) in [6.07, 6.45) is 3.93. The number of phenolic OH excluding ortho intramolecular Hbond substituents is 1. The molecule has 0 unspecified atom stereocenters. The first-order valence-electron chi connectivity index (χ1n) is 41.3. The summed E-state index contributed by atoms with van der Waals surface area (Å²) in [5.74, 6) is -19.8. The smallest absolute Gasteiger partial charge is 0.305 e. The van der Waals surface area contributed by atoms with Gasteiger partial charge in [0.15, 0.2) is 17.9 Å². The van der Waals surface area contributed by atoms with Gasteiger partial charge in [0.1, 0.15) is 84.3 Å². The van der Waals surface area contributed by atoms with Crippen LogP contribution in [0.25, 0.3) is 0 Å². The Morgan fingerprint density at radius 1 is 0.594 bits per heavy atom. The van der Waals surface area contributed by atoms with E-state index in [1.807, 2.05) is 0 Å². The number of aromatic amines is 1. The highest BCUT2D eigenvalue weighted by atomic mass is 33.1. The number of phenols is 1. The minimum Gasteiger partial charge on any atom is -0.508 e. The molecule has 2 aromatic carbocycles. The number of guanidine groups is 3. The number of carboxylic acid groups (broad SMARTS) is 1. The molecule has 50 heteroatoms. The van der Waals surface area contributed by atoms with Gasteiger partial charge in [-0.2, -0.15) is 23.5 Å². The summed E-state index contributed by atoms with van der Waals surface area (Å²) in [5, 5.41) is 95.5. The highest BCUT2D eigenvalue weighted by Gasteiger charge is 2.41. The Labute approximate surface area is 755 Å². The molecule has 2 aliphatic rings. The number of carbonyl (C=O) groups excluding carboxylic acids is 15. The number of carboxylic acids is 1. The Morgan fingerprint density at radius 3 is 1.71 bits per heavy atom. The Hall–Kier alpha value is -11.9. The second kappa shape index (κ2) is 56.3. The molecule has 33 N–H and O–H groups in total. The van der Waals surface area contributed by atoms with Crippen molar-refractivity contribution in [2.24, 2.45) is 34.6 Å². The third-order valence-electron chi connectivity index (χ3n) is 20.4. The summed E-state index contributed by atoms with van der Waals surface area (Å²) in [7, 11) is 1.61. The molecule has 46 nitrogen and oxygen atoms in total. The molecule has 15 amide bonds. The van der Waals surface area contributed by atoms with Crippen LogP contribution in [-0.4, -0.2) is 302 Å². The number of carbonyl (C=O) groups is 16. The number of H-pyrrole nitrogens is 1. The number of nitrogens with one attached hydrogen (secondary N) is 20. The highest BCUT2D eigenvalue weighted by Crippen LogP contribution is 2.25. The maximum absolute atomic E-state index is 15.2. The van der Waals surface area contributed by atoms with E-state index in [1.54, 1.807) is 49.8 Å². The Bertz CT molecular complexity index is 4270. The summed E-state index contributed by atoms with van der Waals surface area (Å²) >= 11 is 2.60. The average Bonchev–Trinajstić information content (AvgIpc) is 1.87. The molecule has 5 rings (SSSR count). The minimum absolute atomic E-state index is 0.00268. The maximum Gasteiger partial charge on any atom is 0.305 e. The molecule has 2 fully saturated rings. The zero-order valence-corrected chi connectivity index (χ0v) is 74.7. The number of fused-ring (bicyclic) bond motifs is 1. The number of aromatic nitrogens is 2. The van der Waals surface area contributed by atoms with Crippen LogP contribution in [0.4, 0.5) is 0 Å². The van der Waals surface area contributed by atoms with Gasteiger partial charge in [-0.05, 0) is 117 Å². The van der Waals surface area contributed by atoms with Crippen molar-refractivity contribution in [3.63, 3.8) is 0 Å². The topological polar surface area (TPSA) is 760 Å². The van der Waals surface area contributed by atoms with Crippen molar-refractivity contribution < 1.29 is 92.0 Å². The number of amides is 15. The van der Waals surface area contributed by atoms with E-state index in [1.165, 1.54) is 72.1 Å². The number of hydrogen-bond acceptors (Lipinski definition) is 27. The van der Waals surface area contributed by atoms with E-state index in [9.17, 15) is 77.6 Å². The van der Waals surface area contributed by atoms with Crippen LogP contribution in [0.2, 0.25) is 0 Å². The van der Waals surface area contributed by atoms with Gasteiger partial charge < -0.3 is 139 Å². The first-order valence-corrected chi connectivity index (χ1v) is 46.6. The molecule has 0 spiro atoms. The number of hydrogen-bond donors (Lipinski definition) is 28. The normalized spacial score (nSPS) is 22.5. The molecule has 3 heterocycles. The van der Waals surface area contributed by atoms with Crippen LogP contribution in [0.1, 0.15) is 108 Å². The Kier molecular flexibility index (Phi) is 46.9. The third kappa shape index (κ3) is 38.0. The van der Waals surface area contributed by atoms with Gasteiger partial charge in [-0.15, -0.1) is 0 Å². The van der Waals surface area contributed by atoms with Crippen molar-refractivity contribution >= 4 is 158 Å². The second-order valence-electron chi connectivity index (χ2n) is 30.2. The van der Waals surface area contributed by atoms with Crippen molar-refractivity contribution in [2.75, 3.05) is 74.9 Å². The number of thioether (sulfide) groups is 2. The van der Waals surface area contributed by atoms with E-state index in [0.29, 0.717) is 16.9 Å². The molecule has 0 saturated carbocycles. The molecular weight excluding hydrogens is 1750 g/mol. The fourth-order valence-electron chi connectivity index (χ4n) is 13.1. The summed E-state index contributed by atoms with van der Waals surface area (Å²) < 4.78 is 0. The van der Waals surface area contributed by atoms with Crippen LogP contribution in [0, 0.1) is 22.1 Å². The van der Waals surface area contributed by atoms with Gasteiger partial charge in [0.25, 0.3) is 0 Å². The van der Waals surface area contributed by atoms with E-state index in [0.717, 1.165) is 21.6 Å². The van der Waals surface area contributed by atoms with Gasteiger partial charge in [-0.3, -0.25) is 92.9 Å². The summed E-state index contributed by atoms with van der Waals surface area (Å²) in [5.41, 5.74) is 29.8. The average molecular weight is 1870 g/mol. The lowest BCUT2D eigenvalue weighted by atomic mass is 9.97. The number of nitrogens with zero attached hydrogens (tertiary/aromatic N) is 2. The number of aromatic hydroxyl groups is 1. The zero-order chi connectivity index (χ0) is 94.5. The largest absolute Gasteiger partial charge is 0.508 e. The fourth-order valence-corrected chi connectivity index (χ4v) is 16.4. The van der Waals surface area contributed by atoms with E-state index in [-0.39, 0.29) is 139 Å². The lowest BCUT2D eigenvalue weighted by Crippen LogP contribution is -2.62. The fraction of sp³-hybridized carbons (Fsp3) is 0.564. The zero-order valence-electron chi connectivity index (χ0n) is 71.5. The lowest BCUT2D eigenvalue weighted by Gasteiger charge is -2.30. The first-order chi connectivity index (χ1) is 60.9. The SMILES string of the molecule is CC[C@H](C)[C@@H]1NC(=O)[C@@H](CCCNC(=N)N)NC(=O)[C@H](CC(=O)O)NC(=O)[C@@H](CCSC)NC(=O)[C@H](CCCNC(=N)N)NC(=O)[C@H]2CCCN2C(=O)CNC(=O)[C@@H](Cc2ccccc2)NC(=O)[C@H](Cc2cnc[nH]2)NC(=O)[C@@H](NC(=O)[C@@H](N)CCSC)CSSC[C@H](C(=O)N[C@@H](Cc2ccc(O)cc2)C(=O)N[C@@H](CCCNC(=N)N)C(N)=O)NC(=O)[C@@H](CO)NC1=O. The van der Waals surface area contributed by atoms with Crippen molar-refractivity contribution in [2.45, 2.75) is 195 Å². The molecule has 0 bridgehead atoms. The summed E-state index contributed by atoms with van der Waals surface area (Å²) in [6, 6.07) is -8.83. The van der Waals surface area contributed by atoms with E-state index in [4.69, 9.17) is 44.9 Å². The predicted molar refractivity (Wildman–Crippen MR) is 479 cm³/mol. The van der Waals surface area contributed by atoms with Crippen molar-refractivity contribution in [1.82, 2.24) is 99.9 Å². The number of aliphatic hydroxyl groups excluding tert-OH is 1. The monoisotopic (exact) mass is 1870 g/mol. The molecule has 0 aliphatic carbocycles. The molecule has 128 heavy (non-hydrogen) atoms. The number of aliphatic hydroxyl groups is 1. The number of nitrogens with two attached hydrogens (primary N) is 5. The number of benzene rings is 2. The number of imidazole rings is 1. The Balaban J connectivity index is 1.69. The van der Waals surface area contributed by atoms with Gasteiger partial charge in [0.05, 0.1) is 31.9 Å². The van der Waals surface area contributed by atoms with E-state index in [2.05, 4.69) is 95.0 Å². The standard InChI is InChI=1S/C78H121N27O19S4/c1-5-41(2)61-75(124)101-55(37-106)71(120)103-57(73(122)98-52(32-43-19-21-45(107)22-20-43)68(117)93-47(62(80)111)15-9-25-88-76(81)82)39-128-127-38-56(102-63(112)46(79)23-29-125-3)72(121)99-53(33-44-35-87-40-92-44)69(118)97-51(31-42-13-7-6-8-14-42)64(113)91-36-59(108)105-28-12-18-58(105)74(123)96-48(16-10-26-89-77(83)84)65(114)95-50(24-30-126-4)66(115)100-54(34-60(109)110)70(119)94-49(67(116)104-61)17-11-27-90-78(85)86/h6-8,13-14,19-22,35,40-41,46-58,61,106-107H,5,9-12,15-18,23-34,36-39,79H2,1-4H3,(H2,80,111)(H,87,92)(H,91,113)(H,93,117)(H,94,119)(H,95,114)(H,96,123)(H,97,118)(H,98,122)(H,99,121)(H,100,115)(H,101,124)(H,102,112)(H,103,120)(H,104,116)(H,109,110)(H4,81,82,88)(H4,83,84,89)(H4,85,86,90)/t41-,46-,47-,48-,49+,50+,51+,52-,53-,54-,55+,56-,57+,58+,61-/m0/s1. The van der Waals surface area contributed by atoms with Crippen LogP contribution in [0.15, 0.2) is 67.1 Å². The first kappa shape index (κ1) is 107. The van der Waals surface area contributed by atoms with Gasteiger partial charge in [0.2, 0.25) is 88.6 Å². The molecule has 2 aliphatic heterocycles. The van der Waals surface area contributed by atoms with Gasteiger partial charge in [-0.25, -0.2) is 4.98 Å². The van der Waals surface area contributed by atoms with Crippen LogP contribution in [-0.2, 0) is 96.0 Å². The van der Waals surface area contributed by atoms with Crippen LogP contribution in [0.5, 0.6) is 5.75 Å². The number of aliphatic carboxylic acids is 1. The predicted octanol–water partition coefficient (Wildman–Crippen LogP) is -6.92. The molecule has 1 aromatic heterocycles. The molecule has 706 valence electrons. The van der Waals surface area contributed by atoms with Crippen molar-refractivity contribution in [3.8, 4) is 5.75 Å². The van der Waals surface area contributed by atoms with Gasteiger partial charge >= 0.3 is 5.97 Å². The molecule has 0 radical (unpaired) electrons. The summed E-state index contributed by atoms with van der Waals surface area (Å²) in [4.78, 5) is 240. The van der Waals surface area contributed by atoms with Gasteiger partial charge in [-0.1, -0.05) is 84.3 Å². The maximum atomic E-state index is 15.2. The quantitative estimate of drug-likeness (QED) is 0.0111. The van der Waals surface area contributed by atoms with Crippen molar-refractivity contribution in [3.05, 3.63) is 83.9 Å². The molecule has 3 aromatic rings.